The fourth-order valence-corrected chi connectivity index (χ4v) is 12.2. The number of hydrogen-bond acceptors (Lipinski definition) is 16. The number of nitriles is 1. The summed E-state index contributed by atoms with van der Waals surface area (Å²) in [6.45, 7) is 17.9. The summed E-state index contributed by atoms with van der Waals surface area (Å²) >= 11 is 0. The average molecular weight is 1360 g/mol. The van der Waals surface area contributed by atoms with Gasteiger partial charge in [0, 0.05) is 59.9 Å². The molecule has 1 saturated heterocycles. The predicted octanol–water partition coefficient (Wildman–Crippen LogP) is 6.50. The fourth-order valence-electron chi connectivity index (χ4n) is 12.2. The number of amides is 10. The van der Waals surface area contributed by atoms with Gasteiger partial charge in [0.1, 0.15) is 42.6 Å². The minimum absolute atomic E-state index is 0.0683. The van der Waals surface area contributed by atoms with Crippen LogP contribution in [0.3, 0.4) is 0 Å². The zero-order chi connectivity index (χ0) is 72.7. The van der Waals surface area contributed by atoms with Gasteiger partial charge in [-0.3, -0.25) is 53.0 Å². The minimum Gasteiger partial charge on any atom is -0.480 e. The molecule has 2 aliphatic heterocycles. The molecule has 0 bridgehead atoms. The number of anilines is 1. The van der Waals surface area contributed by atoms with Crippen LogP contribution in [0.15, 0.2) is 90.7 Å². The van der Waals surface area contributed by atoms with E-state index in [0.29, 0.717) is 67.6 Å². The van der Waals surface area contributed by atoms with Gasteiger partial charge in [-0.25, -0.2) is 9.59 Å². The van der Waals surface area contributed by atoms with E-state index in [4.69, 9.17) is 24.2 Å². The number of nitrogens with zero attached hydrogens (tertiary/aromatic N) is 5. The number of carboxylic acid groups (broad SMARTS) is 1. The van der Waals surface area contributed by atoms with Gasteiger partial charge in [0.15, 0.2) is 5.76 Å². The molecule has 0 aliphatic carbocycles. The molecule has 2 heterocycles. The summed E-state index contributed by atoms with van der Waals surface area (Å²) in [6, 6.07) is 17.0. The lowest BCUT2D eigenvalue weighted by Gasteiger charge is -2.41. The van der Waals surface area contributed by atoms with Crippen molar-refractivity contribution in [2.45, 2.75) is 188 Å². The number of rotatable bonds is 37. The number of likely N-dealkylation sites (N-methyl/N-ethyl adjacent to an activating group) is 2. The van der Waals surface area contributed by atoms with Crippen molar-refractivity contribution in [3.8, 4) is 11.8 Å². The van der Waals surface area contributed by atoms with Crippen LogP contribution in [0.5, 0.6) is 5.75 Å². The molecule has 3 aromatic rings. The molecule has 0 aromatic heterocycles. The molecular formula is C72H100N10O16. The molecule has 534 valence electrons. The second kappa shape index (κ2) is 38.1. The zero-order valence-corrected chi connectivity index (χ0v) is 59.0. The smallest absolute Gasteiger partial charge is 0.410 e. The Bertz CT molecular complexity index is 3320. The van der Waals surface area contributed by atoms with Crippen LogP contribution in [0, 0.1) is 40.9 Å². The summed E-state index contributed by atoms with van der Waals surface area (Å²) in [6.07, 6.45) is 1.81. The summed E-state index contributed by atoms with van der Waals surface area (Å²) in [5, 5.41) is 32.8. The quantitative estimate of drug-likeness (QED) is 0.0265. The van der Waals surface area contributed by atoms with E-state index in [1.165, 1.54) is 62.3 Å². The number of benzene rings is 3. The molecule has 0 unspecified atom stereocenters. The van der Waals surface area contributed by atoms with E-state index in [1.54, 1.807) is 109 Å². The molecule has 0 spiro atoms. The van der Waals surface area contributed by atoms with Gasteiger partial charge >= 0.3 is 12.1 Å². The van der Waals surface area contributed by atoms with E-state index < -0.39 is 132 Å². The summed E-state index contributed by atoms with van der Waals surface area (Å²) in [5.41, 5.74) is 2.07. The summed E-state index contributed by atoms with van der Waals surface area (Å²) in [7, 11) is 5.98. The molecule has 26 heteroatoms. The van der Waals surface area contributed by atoms with Gasteiger partial charge in [0.05, 0.1) is 54.3 Å². The van der Waals surface area contributed by atoms with Crippen LogP contribution in [0.25, 0.3) is 0 Å². The van der Waals surface area contributed by atoms with Crippen molar-refractivity contribution in [3.05, 3.63) is 107 Å². The number of carbonyl (C=O) groups excluding carboxylic acids is 10. The van der Waals surface area contributed by atoms with Crippen molar-refractivity contribution in [1.82, 2.24) is 40.9 Å². The minimum atomic E-state index is -1.19. The molecule has 6 N–H and O–H groups in total. The second-order valence-electron chi connectivity index (χ2n) is 26.3. The van der Waals surface area contributed by atoms with Crippen molar-refractivity contribution in [3.63, 3.8) is 0 Å². The average Bonchev–Trinajstić information content (AvgIpc) is 1.45. The highest BCUT2D eigenvalue weighted by molar-refractivity contribution is 6.15. The molecule has 10 amide bonds. The van der Waals surface area contributed by atoms with Gasteiger partial charge in [-0.2, -0.15) is 5.26 Å². The molecule has 1 fully saturated rings. The van der Waals surface area contributed by atoms with Crippen LogP contribution in [-0.2, 0) is 75.2 Å². The fraction of sp³-hybridized carbons (Fsp3) is 0.556. The maximum atomic E-state index is 14.8. The first-order valence-corrected chi connectivity index (χ1v) is 33.6. The first kappa shape index (κ1) is 79.5. The maximum absolute atomic E-state index is 14.8. The largest absolute Gasteiger partial charge is 0.480 e. The van der Waals surface area contributed by atoms with Gasteiger partial charge in [-0.15, -0.1) is 0 Å². The maximum Gasteiger partial charge on any atom is 0.410 e. The van der Waals surface area contributed by atoms with Gasteiger partial charge in [-0.1, -0.05) is 118 Å². The third kappa shape index (κ3) is 22.2. The number of ether oxygens (including phenoxy) is 4. The lowest BCUT2D eigenvalue weighted by atomic mass is 9.89. The van der Waals surface area contributed by atoms with Crippen LogP contribution in [-0.4, -0.2) is 186 Å². The Balaban J connectivity index is 1.10. The van der Waals surface area contributed by atoms with Crippen LogP contribution >= 0.6 is 0 Å². The highest BCUT2D eigenvalue weighted by Crippen LogP contribution is 2.31. The monoisotopic (exact) mass is 1360 g/mol. The highest BCUT2D eigenvalue weighted by Gasteiger charge is 2.44. The number of carbonyl (C=O) groups is 11. The van der Waals surface area contributed by atoms with E-state index >= 15 is 0 Å². The van der Waals surface area contributed by atoms with E-state index in [1.807, 2.05) is 26.0 Å². The number of unbranched alkanes of at least 4 members (excludes halogenated alkanes) is 2. The van der Waals surface area contributed by atoms with Gasteiger partial charge in [0.25, 0.3) is 11.8 Å². The van der Waals surface area contributed by atoms with Crippen molar-refractivity contribution in [2.24, 2.45) is 29.6 Å². The Labute approximate surface area is 575 Å². The molecule has 0 saturated carbocycles. The molecule has 0 radical (unpaired) electrons. The number of aliphatic carboxylic acids is 1. The Morgan fingerprint density at radius 1 is 0.714 bits per heavy atom. The first-order chi connectivity index (χ1) is 46.5. The predicted molar refractivity (Wildman–Crippen MR) is 364 cm³/mol. The molecule has 3 aromatic carbocycles. The zero-order valence-electron chi connectivity index (χ0n) is 59.0. The van der Waals surface area contributed by atoms with Crippen molar-refractivity contribution >= 4 is 70.9 Å². The lowest BCUT2D eigenvalue weighted by Crippen LogP contribution is -2.60. The normalized spacial score (nSPS) is 16.8. The van der Waals surface area contributed by atoms with Gasteiger partial charge in [0.2, 0.25) is 41.4 Å². The van der Waals surface area contributed by atoms with Crippen molar-refractivity contribution in [1.29, 1.82) is 5.26 Å². The first-order valence-electron chi connectivity index (χ1n) is 33.6. The van der Waals surface area contributed by atoms with Crippen LogP contribution < -0.4 is 31.3 Å². The molecule has 5 rings (SSSR count). The van der Waals surface area contributed by atoms with E-state index in [2.05, 4.69) is 26.6 Å². The van der Waals surface area contributed by atoms with Crippen LogP contribution in [0.4, 0.5) is 10.5 Å². The number of methoxy groups -OCH3 is 2. The summed E-state index contributed by atoms with van der Waals surface area (Å²) in [4.78, 5) is 154. The highest BCUT2D eigenvalue weighted by atomic mass is 16.6. The van der Waals surface area contributed by atoms with Crippen LogP contribution in [0.2, 0.25) is 0 Å². The number of hydrogen-bond donors (Lipinski definition) is 6. The molecule has 2 aliphatic rings. The Morgan fingerprint density at radius 2 is 1.37 bits per heavy atom. The Hall–Kier alpha value is -9.22. The molecule has 26 nitrogen and oxygen atoms in total. The number of nitrogens with one attached hydrogen (secondary N) is 5. The summed E-state index contributed by atoms with van der Waals surface area (Å²) < 4.78 is 23.2. The van der Waals surface area contributed by atoms with Gasteiger partial charge in [-0.05, 0) is 104 Å². The van der Waals surface area contributed by atoms with E-state index in [0.717, 1.165) is 16.5 Å². The topological polar surface area (TPSA) is 342 Å². The number of likely N-dealkylation sites (tertiary alicyclic amines) is 1. The Kier molecular flexibility index (Phi) is 30.9. The molecule has 11 atom stereocenters. The lowest BCUT2D eigenvalue weighted by molar-refractivity contribution is -0.148. The van der Waals surface area contributed by atoms with Crippen molar-refractivity contribution in [2.75, 3.05) is 46.7 Å². The second-order valence-corrected chi connectivity index (χ2v) is 26.3. The SMILES string of the molecule is CC[C@H](C)[C@@H]([C@@H](CC(=O)N1CCC[C@H]1[C@H](OC)[C@@H](C)C(=O)N[C@@H](Cc1ccccc1)C(=O)O)OC)N(C)C(=O)[C@@H](NC(=O)[C@H](C(C)C)N(C)C(=O)OCc1ccc(NC(=O)[C@H](C)NC(=O)[C@@H](NC(=O)CCCCCN2C(=O)C=C(Oc3ccc(C#N)cc3)C2=O)C(C)C)cc1)C(C)C. The number of imide groups is 1. The van der Waals surface area contributed by atoms with E-state index in [-0.39, 0.29) is 55.9 Å². The Morgan fingerprint density at radius 3 is 1.95 bits per heavy atom. The molecule has 98 heavy (non-hydrogen) atoms. The third-order valence-electron chi connectivity index (χ3n) is 18.1. The summed E-state index contributed by atoms with van der Waals surface area (Å²) in [5.74, 6) is -7.72. The van der Waals surface area contributed by atoms with E-state index in [9.17, 15) is 57.8 Å². The van der Waals surface area contributed by atoms with Gasteiger partial charge < -0.3 is 60.4 Å². The molecular weight excluding hydrogens is 1260 g/mol. The van der Waals surface area contributed by atoms with Crippen LogP contribution in [0.1, 0.15) is 137 Å². The number of carboxylic acids is 1. The standard InChI is InChI=1S/C72H100N10O16/c1-15-45(8)63(55(95-13)38-58(84)81-36-22-25-54(81)64(96-14)46(9)65(86)76-53(71(92)93)37-48-23-18-16-19-24-48)79(11)70(91)61(43(4)5)78-68(89)62(44(6)7)80(12)72(94)97-41-50-27-31-51(32-28-50)75-66(87)47(10)74-67(88)60(42(2)3)77-57(83)26-20-17-21-35-82-59(85)39-56(69(82)90)98-52-33-29-49(40-73)30-34-52/h16,18-19,23-24,27-34,39,42-47,53-55,60-64H,15,17,20-22,25-26,35-38,41H2,1-14H3,(H,74,88)(H,75,87)(H,76,86)(H,77,83)(H,78,89)(H,92,93)/t45-,46+,47-,53-,54-,55+,60-,61-,62-,63-,64+/m0/s1. The van der Waals surface area contributed by atoms with Crippen molar-refractivity contribution < 1.29 is 76.8 Å². The third-order valence-corrected chi connectivity index (χ3v) is 18.1.